The van der Waals surface area contributed by atoms with Crippen LogP contribution in [0.2, 0.25) is 0 Å². The maximum atomic E-state index is 12.1. The highest BCUT2D eigenvalue weighted by molar-refractivity contribution is 5.83. The number of H-pyrrole nitrogens is 1. The number of aryl methyl sites for hydroxylation is 1. The zero-order valence-electron chi connectivity index (χ0n) is 14.5. The normalized spacial score (nSPS) is 15.8. The van der Waals surface area contributed by atoms with Crippen LogP contribution in [-0.4, -0.2) is 30.1 Å². The van der Waals surface area contributed by atoms with E-state index >= 15 is 0 Å². The van der Waals surface area contributed by atoms with Crippen molar-refractivity contribution in [2.24, 2.45) is 0 Å². The monoisotopic (exact) mass is 350 g/mol. The van der Waals surface area contributed by atoms with Crippen LogP contribution in [0.4, 0.5) is 0 Å². The van der Waals surface area contributed by atoms with Gasteiger partial charge in [0.2, 0.25) is 5.91 Å². The third-order valence-electron chi connectivity index (χ3n) is 4.62. The first-order chi connectivity index (χ1) is 12.8. The van der Waals surface area contributed by atoms with Gasteiger partial charge in [-0.05, 0) is 36.6 Å². The van der Waals surface area contributed by atoms with Gasteiger partial charge >= 0.3 is 0 Å². The average molecular weight is 350 g/mol. The highest BCUT2D eigenvalue weighted by Gasteiger charge is 2.20. The number of benzene rings is 2. The quantitative estimate of drug-likeness (QED) is 0.716. The molecule has 2 N–H and O–H groups in total. The van der Waals surface area contributed by atoms with Crippen LogP contribution in [0.15, 0.2) is 54.7 Å². The van der Waals surface area contributed by atoms with Crippen molar-refractivity contribution in [3.8, 4) is 11.5 Å². The number of aromatic nitrogens is 1. The molecule has 0 saturated carbocycles. The minimum Gasteiger partial charge on any atom is -0.486 e. The van der Waals surface area contributed by atoms with Gasteiger partial charge in [0, 0.05) is 23.5 Å². The van der Waals surface area contributed by atoms with Crippen molar-refractivity contribution < 1.29 is 14.3 Å². The Morgan fingerprint density at radius 1 is 1.12 bits per heavy atom. The molecule has 0 fully saturated rings. The van der Waals surface area contributed by atoms with Crippen molar-refractivity contribution in [2.75, 3.05) is 13.2 Å². The second kappa shape index (κ2) is 7.52. The molecule has 134 valence electrons. The highest BCUT2D eigenvalue weighted by Crippen LogP contribution is 2.30. The van der Waals surface area contributed by atoms with Crippen molar-refractivity contribution in [1.82, 2.24) is 10.3 Å². The van der Waals surface area contributed by atoms with Gasteiger partial charge in [-0.15, -0.1) is 0 Å². The zero-order valence-corrected chi connectivity index (χ0v) is 14.5. The van der Waals surface area contributed by atoms with Crippen LogP contribution < -0.4 is 14.8 Å². The summed E-state index contributed by atoms with van der Waals surface area (Å²) in [5, 5.41) is 4.18. The first-order valence-corrected chi connectivity index (χ1v) is 9.00. The number of ether oxygens (including phenoxy) is 2. The molecular formula is C21H22N2O3. The second-order valence-electron chi connectivity index (χ2n) is 6.51. The van der Waals surface area contributed by atoms with E-state index < -0.39 is 0 Å². The fraction of sp³-hybridized carbons (Fsp3) is 0.286. The molecule has 0 aliphatic carbocycles. The van der Waals surface area contributed by atoms with Gasteiger partial charge in [-0.25, -0.2) is 0 Å². The number of para-hydroxylation sites is 3. The number of amides is 1. The molecule has 1 amide bonds. The molecule has 1 aromatic heterocycles. The van der Waals surface area contributed by atoms with Crippen molar-refractivity contribution in [3.63, 3.8) is 0 Å². The number of carbonyl (C=O) groups excluding carboxylic acids is 1. The summed E-state index contributed by atoms with van der Waals surface area (Å²) in [5.41, 5.74) is 2.40. The molecule has 0 bridgehead atoms. The maximum absolute atomic E-state index is 12.1. The standard InChI is InChI=1S/C21H22N2O3/c24-21(11-5-6-15-12-22-18-8-2-1-7-17(15)18)23-13-16-14-25-19-9-3-4-10-20(19)26-16/h1-4,7-10,12,16,22H,5-6,11,13-14H2,(H,23,24)/t16-/m0/s1. The SMILES string of the molecule is O=C(CCCc1c[nH]c2ccccc12)NC[C@H]1COc2ccccc2O1. The molecule has 0 unspecified atom stereocenters. The van der Waals surface area contributed by atoms with Crippen molar-refractivity contribution in [3.05, 3.63) is 60.3 Å². The van der Waals surface area contributed by atoms with E-state index in [0.717, 1.165) is 29.9 Å². The Balaban J connectivity index is 1.21. The van der Waals surface area contributed by atoms with Crippen LogP contribution in [0.25, 0.3) is 10.9 Å². The van der Waals surface area contributed by atoms with Gasteiger partial charge in [0.25, 0.3) is 0 Å². The summed E-state index contributed by atoms with van der Waals surface area (Å²) < 4.78 is 11.5. The van der Waals surface area contributed by atoms with Gasteiger partial charge in [0.05, 0.1) is 6.54 Å². The number of rotatable bonds is 6. The number of fused-ring (bicyclic) bond motifs is 2. The lowest BCUT2D eigenvalue weighted by atomic mass is 10.1. The number of carbonyl (C=O) groups is 1. The van der Waals surface area contributed by atoms with Crippen LogP contribution in [0, 0.1) is 0 Å². The van der Waals surface area contributed by atoms with Crippen LogP contribution in [0.3, 0.4) is 0 Å². The Morgan fingerprint density at radius 3 is 2.85 bits per heavy atom. The molecule has 5 heteroatoms. The minimum absolute atomic E-state index is 0.0484. The summed E-state index contributed by atoms with van der Waals surface area (Å²) in [6.07, 6.45) is 4.09. The Bertz CT molecular complexity index is 903. The molecular weight excluding hydrogens is 328 g/mol. The fourth-order valence-corrected chi connectivity index (χ4v) is 3.26. The summed E-state index contributed by atoms with van der Waals surface area (Å²) >= 11 is 0. The summed E-state index contributed by atoms with van der Waals surface area (Å²) in [7, 11) is 0. The first kappa shape index (κ1) is 16.5. The van der Waals surface area contributed by atoms with E-state index in [1.54, 1.807) is 0 Å². The van der Waals surface area contributed by atoms with E-state index in [1.165, 1.54) is 10.9 Å². The van der Waals surface area contributed by atoms with Gasteiger partial charge in [-0.2, -0.15) is 0 Å². The third-order valence-corrected chi connectivity index (χ3v) is 4.62. The molecule has 4 rings (SSSR count). The summed E-state index contributed by atoms with van der Waals surface area (Å²) in [4.78, 5) is 15.4. The van der Waals surface area contributed by atoms with Crippen LogP contribution in [-0.2, 0) is 11.2 Å². The van der Waals surface area contributed by atoms with Crippen LogP contribution in [0.5, 0.6) is 11.5 Å². The van der Waals surface area contributed by atoms with Crippen molar-refractivity contribution >= 4 is 16.8 Å². The third kappa shape index (κ3) is 3.67. The smallest absolute Gasteiger partial charge is 0.220 e. The maximum Gasteiger partial charge on any atom is 0.220 e. The van der Waals surface area contributed by atoms with Gasteiger partial charge in [0.15, 0.2) is 11.5 Å². The van der Waals surface area contributed by atoms with Crippen molar-refractivity contribution in [1.29, 1.82) is 0 Å². The molecule has 26 heavy (non-hydrogen) atoms. The molecule has 0 saturated heterocycles. The number of hydrogen-bond acceptors (Lipinski definition) is 3. The Kier molecular flexibility index (Phi) is 4.78. The van der Waals surface area contributed by atoms with E-state index in [9.17, 15) is 4.79 Å². The van der Waals surface area contributed by atoms with E-state index in [0.29, 0.717) is 19.6 Å². The molecule has 1 atom stereocenters. The molecule has 2 heterocycles. The number of nitrogens with one attached hydrogen (secondary N) is 2. The summed E-state index contributed by atoms with van der Waals surface area (Å²) in [6, 6.07) is 15.8. The summed E-state index contributed by atoms with van der Waals surface area (Å²) in [6.45, 7) is 0.910. The molecule has 1 aliphatic rings. The lowest BCUT2D eigenvalue weighted by Gasteiger charge is -2.26. The Morgan fingerprint density at radius 2 is 1.92 bits per heavy atom. The lowest BCUT2D eigenvalue weighted by Crippen LogP contribution is -2.40. The number of hydrogen-bond donors (Lipinski definition) is 2. The topological polar surface area (TPSA) is 63.4 Å². The van der Waals surface area contributed by atoms with Gasteiger partial charge in [0.1, 0.15) is 12.7 Å². The molecule has 2 aromatic carbocycles. The van der Waals surface area contributed by atoms with Gasteiger partial charge in [-0.1, -0.05) is 30.3 Å². The van der Waals surface area contributed by atoms with Crippen LogP contribution in [0.1, 0.15) is 18.4 Å². The molecule has 3 aromatic rings. The predicted molar refractivity (Wildman–Crippen MR) is 101 cm³/mol. The van der Waals surface area contributed by atoms with Crippen molar-refractivity contribution in [2.45, 2.75) is 25.4 Å². The van der Waals surface area contributed by atoms with E-state index in [1.807, 2.05) is 42.6 Å². The summed E-state index contributed by atoms with van der Waals surface area (Å²) in [5.74, 6) is 1.54. The average Bonchev–Trinajstić information content (AvgIpc) is 3.09. The second-order valence-corrected chi connectivity index (χ2v) is 6.51. The predicted octanol–water partition coefficient (Wildman–Crippen LogP) is 3.45. The molecule has 1 aliphatic heterocycles. The van der Waals surface area contributed by atoms with Gasteiger partial charge < -0.3 is 19.8 Å². The van der Waals surface area contributed by atoms with E-state index in [4.69, 9.17) is 9.47 Å². The molecule has 0 radical (unpaired) electrons. The zero-order chi connectivity index (χ0) is 17.8. The van der Waals surface area contributed by atoms with E-state index in [-0.39, 0.29) is 12.0 Å². The minimum atomic E-state index is -0.150. The first-order valence-electron chi connectivity index (χ1n) is 9.00. The van der Waals surface area contributed by atoms with Crippen LogP contribution >= 0.6 is 0 Å². The Hall–Kier alpha value is -2.95. The lowest BCUT2D eigenvalue weighted by molar-refractivity contribution is -0.121. The Labute approximate surface area is 152 Å². The largest absolute Gasteiger partial charge is 0.486 e. The molecule has 0 spiro atoms. The fourth-order valence-electron chi connectivity index (χ4n) is 3.26. The van der Waals surface area contributed by atoms with E-state index in [2.05, 4.69) is 22.4 Å². The number of aromatic amines is 1. The highest BCUT2D eigenvalue weighted by atomic mass is 16.6. The van der Waals surface area contributed by atoms with Gasteiger partial charge in [-0.3, -0.25) is 4.79 Å². The molecule has 5 nitrogen and oxygen atoms in total.